The van der Waals surface area contributed by atoms with E-state index in [1.165, 1.54) is 26.7 Å². The lowest BCUT2D eigenvalue weighted by Gasteiger charge is -2.50. The highest BCUT2D eigenvalue weighted by Gasteiger charge is 2.52. The molecule has 0 spiro atoms. The quantitative estimate of drug-likeness (QED) is 0.118. The highest BCUT2D eigenvalue weighted by molar-refractivity contribution is 7.88. The number of benzene rings is 2. The molecule has 7 heterocycles. The summed E-state index contributed by atoms with van der Waals surface area (Å²) in [6, 6.07) is 16.2. The van der Waals surface area contributed by atoms with Gasteiger partial charge >= 0.3 is 30.5 Å². The molecule has 28 nitrogen and oxygen atoms in total. The number of carbonyl (C=O) groups is 5. The summed E-state index contributed by atoms with van der Waals surface area (Å²) in [5, 5.41) is 0.667. The summed E-state index contributed by atoms with van der Waals surface area (Å²) in [5.74, 6) is 0.501. The van der Waals surface area contributed by atoms with Crippen LogP contribution in [0.15, 0.2) is 48.5 Å². The van der Waals surface area contributed by atoms with Crippen molar-refractivity contribution in [3.63, 3.8) is 0 Å². The SMILES string of the molecule is C.C.CC(C)OC1(C)CN(C(=O)OC(C)(C)C)C1.CC(C)OC1(C)CN(S(C)(=O)=O)C1.CC(C)OC1(c2ccc(C(C)C)cc2)CN(C(=O)OC(C)(C)C)C1.CC(C)OC1(c2cccc(Cl)c2)CN(C(=O)OC(C)(C)C)C1.CC(C)OC1CCN(C(=O)OC(C)(C)C)C1.CC(C)OC1CCN(S(C)(=O)=O)C1.CC(C)OC1CN(C(=O)OC(C)(C)C)C1. The Morgan fingerprint density at radius 1 is 0.372 bits per heavy atom. The van der Waals surface area contributed by atoms with Gasteiger partial charge in [-0.05, 0) is 262 Å². The van der Waals surface area contributed by atoms with E-state index in [1.54, 1.807) is 24.5 Å². The summed E-state index contributed by atoms with van der Waals surface area (Å²) < 4.78 is 114. The minimum atomic E-state index is -3.02. The summed E-state index contributed by atoms with van der Waals surface area (Å²) in [5.41, 5.74) is -0.233. The lowest BCUT2D eigenvalue weighted by atomic mass is 9.84. The van der Waals surface area contributed by atoms with Crippen molar-refractivity contribution in [3.8, 4) is 0 Å². The Kier molecular flexibility index (Phi) is 44.0. The first-order chi connectivity index (χ1) is 53.9. The van der Waals surface area contributed by atoms with Crippen LogP contribution in [0.4, 0.5) is 24.0 Å². The van der Waals surface area contributed by atoms with Crippen molar-refractivity contribution in [2.45, 2.75) is 374 Å². The van der Waals surface area contributed by atoms with Crippen LogP contribution in [-0.2, 0) is 88.1 Å². The van der Waals surface area contributed by atoms with Crippen LogP contribution in [0.25, 0.3) is 0 Å². The average Bonchev–Trinajstić information content (AvgIpc) is 1.10. The minimum absolute atomic E-state index is 0. The van der Waals surface area contributed by atoms with Crippen LogP contribution in [0.1, 0.15) is 279 Å². The summed E-state index contributed by atoms with van der Waals surface area (Å²) in [6.45, 7) is 72.2. The zero-order chi connectivity index (χ0) is 91.5. The largest absolute Gasteiger partial charge is 0.444 e. The third-order valence-electron chi connectivity index (χ3n) is 18.0. The molecule has 704 valence electrons. The molecule has 9 rings (SSSR count). The van der Waals surface area contributed by atoms with E-state index < -0.39 is 59.3 Å². The molecular weight excluding hydrogens is 1610 g/mol. The number of amides is 5. The van der Waals surface area contributed by atoms with Crippen LogP contribution < -0.4 is 0 Å². The van der Waals surface area contributed by atoms with Crippen molar-refractivity contribution in [2.75, 3.05) is 104 Å². The lowest BCUT2D eigenvalue weighted by Crippen LogP contribution is -2.64. The molecule has 0 aliphatic carbocycles. The molecule has 0 saturated carbocycles. The van der Waals surface area contributed by atoms with Gasteiger partial charge in [0.1, 0.15) is 44.8 Å². The van der Waals surface area contributed by atoms with Crippen molar-refractivity contribution < 1.29 is 97.7 Å². The number of rotatable bonds is 19. The summed E-state index contributed by atoms with van der Waals surface area (Å²) in [4.78, 5) is 67.7. The van der Waals surface area contributed by atoms with Gasteiger partial charge in [-0.15, -0.1) is 0 Å². The highest BCUT2D eigenvalue weighted by atomic mass is 35.5. The Labute approximate surface area is 736 Å². The standard InChI is InChI=1S/C20H31NO3.C17H24ClNO3.2C12H23NO3.C11H21NO3.2C8H17NO3S.2CH4/c1-14(2)16-8-10-17(11-9-16)20(23-15(3)4)12-21(13-20)18(22)24-19(5,6)7;1-12(2)21-17(13-7-6-8-14(18)9-13)10-19(11-17)15(20)22-16(3,4)5;1-9(2)15-12(6)7-13(8-12)10(14)16-11(3,4)5;1-9(2)15-10-6-7-13(8-10)11(14)16-12(3,4)5;1-8(2)14-9-6-12(7-9)10(13)15-11(3,4)5;1-7(2)12-8(3)5-9(6-8)13(4,10)11;1-7(2)12-8-4-5-9(6-8)13(3,10)11;;/h8-11,14-15H,12-13H2,1-7H3;6-9,12H,10-11H2,1-5H3;9H,7-8H2,1-6H3;9-10H,6-8H2,1-5H3;8-9H,6-7H2,1-5H3;7H,5-6H2,1-4H3;7-8H,4-6H2,1-3H3;2*1H4. The van der Waals surface area contributed by atoms with E-state index in [4.69, 9.17) is 68.4 Å². The Morgan fingerprint density at radius 2 is 0.678 bits per heavy atom. The third kappa shape index (κ3) is 42.2. The topological polar surface area (TPSA) is 287 Å². The monoisotopic (exact) mass is 1780 g/mol. The van der Waals surface area contributed by atoms with Gasteiger partial charge in [0, 0.05) is 37.7 Å². The second-order valence-electron chi connectivity index (χ2n) is 39.8. The molecule has 0 radical (unpaired) electrons. The van der Waals surface area contributed by atoms with Gasteiger partial charge in [-0.25, -0.2) is 40.8 Å². The van der Waals surface area contributed by atoms with E-state index in [2.05, 4.69) is 38.1 Å². The van der Waals surface area contributed by atoms with E-state index in [9.17, 15) is 40.8 Å². The number of likely N-dealkylation sites (tertiary alicyclic amines) is 5. The molecule has 7 aliphatic heterocycles. The normalized spacial score (nSPS) is 19.5. The number of hydrogen-bond donors (Lipinski definition) is 0. The fourth-order valence-corrected chi connectivity index (χ4v) is 15.7. The van der Waals surface area contributed by atoms with Crippen LogP contribution in [0.5, 0.6) is 0 Å². The van der Waals surface area contributed by atoms with Gasteiger partial charge in [-0.1, -0.05) is 76.7 Å². The number of hydrogen-bond acceptors (Lipinski definition) is 21. The fraction of sp³-hybridized carbons (Fsp3) is 0.811. The van der Waals surface area contributed by atoms with Crippen LogP contribution in [0, 0.1) is 0 Å². The maximum atomic E-state index is 12.2. The van der Waals surface area contributed by atoms with E-state index in [0.717, 1.165) is 30.5 Å². The molecular formula is C90H164ClN7O21S2. The van der Waals surface area contributed by atoms with Crippen molar-refractivity contribution in [1.82, 2.24) is 33.1 Å². The Morgan fingerprint density at radius 3 is 1.00 bits per heavy atom. The number of halogens is 1. The first-order valence-electron chi connectivity index (χ1n) is 42.3. The van der Waals surface area contributed by atoms with Crippen molar-refractivity contribution in [1.29, 1.82) is 0 Å². The van der Waals surface area contributed by atoms with Gasteiger partial charge < -0.3 is 81.3 Å². The number of carbonyl (C=O) groups excluding carboxylic acids is 5. The molecule has 2 aromatic carbocycles. The third-order valence-corrected chi connectivity index (χ3v) is 20.7. The zero-order valence-electron chi connectivity index (χ0n) is 79.2. The van der Waals surface area contributed by atoms with Crippen molar-refractivity contribution in [2.24, 2.45) is 0 Å². The molecule has 7 fully saturated rings. The van der Waals surface area contributed by atoms with E-state index in [-0.39, 0.29) is 118 Å². The average molecular weight is 1780 g/mol. The van der Waals surface area contributed by atoms with Gasteiger partial charge in [0.2, 0.25) is 20.0 Å². The second kappa shape index (κ2) is 46.9. The summed E-state index contributed by atoms with van der Waals surface area (Å²) in [7, 11) is -6.04. The Hall–Kier alpha value is -5.38. The Balaban J connectivity index is 0.000000712. The smallest absolute Gasteiger partial charge is 0.410 e. The van der Waals surface area contributed by atoms with E-state index >= 15 is 0 Å². The van der Waals surface area contributed by atoms with Crippen LogP contribution >= 0.6 is 11.6 Å². The minimum Gasteiger partial charge on any atom is -0.444 e. The van der Waals surface area contributed by atoms with Gasteiger partial charge in [-0.3, -0.25) is 0 Å². The molecule has 121 heavy (non-hydrogen) atoms. The molecule has 7 aliphatic rings. The second-order valence-corrected chi connectivity index (χ2v) is 44.2. The maximum absolute atomic E-state index is 12.2. The zero-order valence-corrected chi connectivity index (χ0v) is 81.6. The number of sulfonamides is 2. The van der Waals surface area contributed by atoms with Crippen molar-refractivity contribution in [3.05, 3.63) is 70.2 Å². The molecule has 2 unspecified atom stereocenters. The summed E-state index contributed by atoms with van der Waals surface area (Å²) >= 11 is 6.09. The first kappa shape index (κ1) is 114. The maximum Gasteiger partial charge on any atom is 0.410 e. The lowest BCUT2D eigenvalue weighted by molar-refractivity contribution is -0.167. The predicted molar refractivity (Wildman–Crippen MR) is 482 cm³/mol. The van der Waals surface area contributed by atoms with Crippen LogP contribution in [0.2, 0.25) is 5.02 Å². The molecule has 5 amide bonds. The molecule has 2 aromatic rings. The van der Waals surface area contributed by atoms with Crippen LogP contribution in [0.3, 0.4) is 0 Å². The molecule has 0 aromatic heterocycles. The molecule has 2 atom stereocenters. The van der Waals surface area contributed by atoms with E-state index in [0.29, 0.717) is 96.0 Å². The molecule has 0 N–H and O–H groups in total. The van der Waals surface area contributed by atoms with Crippen LogP contribution in [-0.4, -0.2) is 285 Å². The van der Waals surface area contributed by atoms with Gasteiger partial charge in [-0.2, -0.15) is 8.61 Å². The van der Waals surface area contributed by atoms with Gasteiger partial charge in [0.05, 0.1) is 138 Å². The molecule has 7 saturated heterocycles. The molecule has 0 bridgehead atoms. The highest BCUT2D eigenvalue weighted by Crippen LogP contribution is 2.41. The van der Waals surface area contributed by atoms with Gasteiger partial charge in [0.25, 0.3) is 0 Å². The van der Waals surface area contributed by atoms with Crippen molar-refractivity contribution >= 4 is 62.1 Å². The molecule has 31 heteroatoms. The fourth-order valence-electron chi connectivity index (χ4n) is 13.6. The van der Waals surface area contributed by atoms with Gasteiger partial charge in [0.15, 0.2) is 0 Å². The van der Waals surface area contributed by atoms with E-state index in [1.807, 2.05) is 239 Å². The Bertz CT molecular complexity index is 3700. The number of nitrogens with zero attached hydrogens (tertiary/aromatic N) is 7. The predicted octanol–water partition coefficient (Wildman–Crippen LogP) is 17.9. The summed E-state index contributed by atoms with van der Waals surface area (Å²) in [6.07, 6.45) is 4.36. The first-order valence-corrected chi connectivity index (χ1v) is 46.3. The number of ether oxygens (including phenoxy) is 12.